The van der Waals surface area contributed by atoms with Crippen LogP contribution in [0.1, 0.15) is 97.1 Å². The molecule has 1 aliphatic heterocycles. The Morgan fingerprint density at radius 1 is 1.07 bits per heavy atom. The zero-order valence-corrected chi connectivity index (χ0v) is 36.4. The van der Waals surface area contributed by atoms with Gasteiger partial charge in [0, 0.05) is 31.3 Å². The van der Waals surface area contributed by atoms with E-state index in [2.05, 4.69) is 50.8 Å². The first-order chi connectivity index (χ1) is 25.2. The van der Waals surface area contributed by atoms with Crippen molar-refractivity contribution in [1.29, 1.82) is 0 Å². The summed E-state index contributed by atoms with van der Waals surface area (Å²) >= 11 is 6.97. The van der Waals surface area contributed by atoms with Crippen molar-refractivity contribution in [3.8, 4) is 28.4 Å². The lowest BCUT2D eigenvalue weighted by Crippen LogP contribution is -2.49. The van der Waals surface area contributed by atoms with E-state index in [9.17, 15) is 4.79 Å². The van der Waals surface area contributed by atoms with Crippen LogP contribution in [0.5, 0.6) is 5.75 Å². The van der Waals surface area contributed by atoms with Gasteiger partial charge in [0.15, 0.2) is 14.1 Å². The lowest BCUT2D eigenvalue weighted by molar-refractivity contribution is 0.0172. The highest BCUT2D eigenvalue weighted by Crippen LogP contribution is 2.55. The SMILES string of the molecule is Cc1noc(C)c1-c1nc(-c2cc(OC[C@@H](CN(C)C(=O)OC(C)(C)C)O[Si](C)(C)C(C)(C)C)ccc2Cl)nc(N2CCC3(CCC(C4CC4)C3)C2)c1C. The van der Waals surface area contributed by atoms with E-state index in [4.69, 9.17) is 40.0 Å². The standard InChI is InChI=1S/C42H62ClN5O5Si/c1-26-36(35-27(2)46-52-28(35)3)44-37(45-38(26)48-20-19-42(25-48)18-17-30(22-42)29-13-14-29)33-21-31(15-16-34(33)43)50-24-32(53-54(11,12)41(7,8)9)23-47(10)39(49)51-40(4,5)6/h15-16,21,29-30,32H,13-14,17-20,22-25H2,1-12H3/t30?,32-,42?/m1/s1. The van der Waals surface area contributed by atoms with Gasteiger partial charge in [-0.15, -0.1) is 0 Å². The van der Waals surface area contributed by atoms with Gasteiger partial charge in [-0.2, -0.15) is 0 Å². The number of ether oxygens (including phenoxy) is 2. The molecule has 2 unspecified atom stereocenters. The van der Waals surface area contributed by atoms with Crippen molar-refractivity contribution in [2.45, 2.75) is 131 Å². The summed E-state index contributed by atoms with van der Waals surface area (Å²) in [4.78, 5) is 27.5. The summed E-state index contributed by atoms with van der Waals surface area (Å²) in [5, 5.41) is 4.77. The Balaban J connectivity index is 1.30. The van der Waals surface area contributed by atoms with Crippen LogP contribution in [0.25, 0.3) is 22.6 Å². The van der Waals surface area contributed by atoms with Crippen LogP contribution in [0.3, 0.4) is 0 Å². The van der Waals surface area contributed by atoms with Gasteiger partial charge < -0.3 is 28.2 Å². The van der Waals surface area contributed by atoms with Gasteiger partial charge in [-0.05, 0) is 134 Å². The highest BCUT2D eigenvalue weighted by Gasteiger charge is 2.48. The van der Waals surface area contributed by atoms with Crippen molar-refractivity contribution in [3.63, 3.8) is 0 Å². The molecule has 3 heterocycles. The number of likely N-dealkylation sites (N-methyl/N-ethyl adjacent to an activating group) is 1. The van der Waals surface area contributed by atoms with Gasteiger partial charge in [0.05, 0.1) is 34.6 Å². The maximum atomic E-state index is 13.0. The largest absolute Gasteiger partial charge is 0.491 e. The normalized spacial score (nSPS) is 21.2. The highest BCUT2D eigenvalue weighted by molar-refractivity contribution is 6.74. The van der Waals surface area contributed by atoms with Crippen molar-refractivity contribution >= 4 is 31.8 Å². The summed E-state index contributed by atoms with van der Waals surface area (Å²) in [5.74, 6) is 4.64. The molecule has 1 saturated heterocycles. The average Bonchev–Trinajstić information content (AvgIpc) is 3.59. The van der Waals surface area contributed by atoms with Crippen LogP contribution < -0.4 is 9.64 Å². The van der Waals surface area contributed by atoms with Crippen molar-refractivity contribution in [1.82, 2.24) is 20.0 Å². The molecule has 3 atom stereocenters. The van der Waals surface area contributed by atoms with Crippen LogP contribution in [0.4, 0.5) is 10.6 Å². The van der Waals surface area contributed by atoms with Crippen LogP contribution in [0.15, 0.2) is 22.7 Å². The van der Waals surface area contributed by atoms with E-state index in [0.717, 1.165) is 59.0 Å². The van der Waals surface area contributed by atoms with Crippen LogP contribution in [-0.2, 0) is 9.16 Å². The fraction of sp³-hybridized carbons (Fsp3) is 0.667. The molecule has 1 spiro atoms. The smallest absolute Gasteiger partial charge is 0.410 e. The molecule has 12 heteroatoms. The van der Waals surface area contributed by atoms with Gasteiger partial charge in [-0.3, -0.25) is 0 Å². The number of rotatable bonds is 11. The van der Waals surface area contributed by atoms with Crippen LogP contribution in [0.2, 0.25) is 23.2 Å². The molecule has 296 valence electrons. The number of halogens is 1. The predicted octanol–water partition coefficient (Wildman–Crippen LogP) is 10.4. The minimum atomic E-state index is -2.23. The van der Waals surface area contributed by atoms with Crippen molar-refractivity contribution in [2.75, 3.05) is 38.2 Å². The second-order valence-electron chi connectivity index (χ2n) is 18.9. The van der Waals surface area contributed by atoms with E-state index in [1.165, 1.54) is 38.5 Å². The second-order valence-corrected chi connectivity index (χ2v) is 24.0. The molecule has 2 saturated carbocycles. The number of carbonyl (C=O) groups is 1. The van der Waals surface area contributed by atoms with Gasteiger partial charge in [-0.1, -0.05) is 37.5 Å². The number of hydrogen-bond donors (Lipinski definition) is 0. The number of anilines is 1. The summed E-state index contributed by atoms with van der Waals surface area (Å²) in [7, 11) is -0.494. The molecule has 2 aliphatic carbocycles. The number of aromatic nitrogens is 3. The number of aryl methyl sites for hydroxylation is 2. The topological polar surface area (TPSA) is 103 Å². The number of nitrogens with zero attached hydrogens (tertiary/aromatic N) is 5. The summed E-state index contributed by atoms with van der Waals surface area (Å²) in [5.41, 5.74) is 3.95. The van der Waals surface area contributed by atoms with Gasteiger partial charge in [0.2, 0.25) is 0 Å². The molecular weight excluding hydrogens is 718 g/mol. The zero-order chi connectivity index (χ0) is 39.4. The number of amides is 1. The Hall–Kier alpha value is -3.15. The van der Waals surface area contributed by atoms with Crippen molar-refractivity contribution < 1.29 is 23.2 Å². The summed E-state index contributed by atoms with van der Waals surface area (Å²) in [6.07, 6.45) is 7.22. The van der Waals surface area contributed by atoms with E-state index >= 15 is 0 Å². The van der Waals surface area contributed by atoms with E-state index in [0.29, 0.717) is 34.1 Å². The minimum Gasteiger partial charge on any atom is -0.491 e. The molecular formula is C42H62ClN5O5Si. The fourth-order valence-corrected chi connectivity index (χ4v) is 9.63. The minimum absolute atomic E-state index is 0.0335. The number of carbonyl (C=O) groups excluding carboxylic acids is 1. The molecule has 1 aromatic carbocycles. The van der Waals surface area contributed by atoms with E-state index < -0.39 is 26.1 Å². The third-order valence-electron chi connectivity index (χ3n) is 12.2. The second kappa shape index (κ2) is 15.1. The Labute approximate surface area is 328 Å². The Morgan fingerprint density at radius 3 is 2.43 bits per heavy atom. The van der Waals surface area contributed by atoms with Crippen LogP contribution in [0, 0.1) is 38.0 Å². The Bertz CT molecular complexity index is 1830. The summed E-state index contributed by atoms with van der Waals surface area (Å²) in [6.45, 7) is 25.1. The monoisotopic (exact) mass is 779 g/mol. The van der Waals surface area contributed by atoms with Gasteiger partial charge in [0.1, 0.15) is 29.5 Å². The van der Waals surface area contributed by atoms with E-state index in [1.807, 2.05) is 52.8 Å². The number of benzene rings is 1. The lowest BCUT2D eigenvalue weighted by Gasteiger charge is -2.40. The molecule has 0 radical (unpaired) electrons. The first-order valence-electron chi connectivity index (χ1n) is 19.8. The third kappa shape index (κ3) is 8.94. The van der Waals surface area contributed by atoms with Gasteiger partial charge in [-0.25, -0.2) is 14.8 Å². The lowest BCUT2D eigenvalue weighted by atomic mass is 9.84. The van der Waals surface area contributed by atoms with E-state index in [-0.39, 0.29) is 11.6 Å². The van der Waals surface area contributed by atoms with Gasteiger partial charge >= 0.3 is 6.09 Å². The third-order valence-corrected chi connectivity index (χ3v) is 17.1. The predicted molar refractivity (Wildman–Crippen MR) is 218 cm³/mol. The average molecular weight is 781 g/mol. The number of hydrogen-bond acceptors (Lipinski definition) is 9. The molecule has 3 aromatic rings. The summed E-state index contributed by atoms with van der Waals surface area (Å²) < 4.78 is 24.6. The Kier molecular flexibility index (Phi) is 11.3. The molecule has 0 bridgehead atoms. The molecule has 0 N–H and O–H groups in total. The molecule has 3 fully saturated rings. The van der Waals surface area contributed by atoms with Gasteiger partial charge in [0.25, 0.3) is 0 Å². The molecule has 54 heavy (non-hydrogen) atoms. The fourth-order valence-electron chi connectivity index (χ4n) is 8.10. The first-order valence-corrected chi connectivity index (χ1v) is 23.1. The van der Waals surface area contributed by atoms with Crippen molar-refractivity contribution in [3.05, 3.63) is 40.2 Å². The molecule has 2 aromatic heterocycles. The Morgan fingerprint density at radius 2 is 1.80 bits per heavy atom. The maximum Gasteiger partial charge on any atom is 0.410 e. The van der Waals surface area contributed by atoms with Crippen LogP contribution in [-0.4, -0.2) is 79.4 Å². The highest BCUT2D eigenvalue weighted by atomic mass is 35.5. The van der Waals surface area contributed by atoms with Crippen LogP contribution >= 0.6 is 11.6 Å². The first kappa shape index (κ1) is 40.5. The van der Waals surface area contributed by atoms with Crippen molar-refractivity contribution in [2.24, 2.45) is 17.3 Å². The zero-order valence-electron chi connectivity index (χ0n) is 34.7. The summed E-state index contributed by atoms with van der Waals surface area (Å²) in [6, 6.07) is 5.61. The van der Waals surface area contributed by atoms with E-state index in [1.54, 1.807) is 11.9 Å². The quantitative estimate of drug-likeness (QED) is 0.176. The molecule has 1 amide bonds. The molecule has 6 rings (SSSR count). The molecule has 3 aliphatic rings. The maximum absolute atomic E-state index is 13.0. The molecule has 10 nitrogen and oxygen atoms in total.